The summed E-state index contributed by atoms with van der Waals surface area (Å²) in [6, 6.07) is 17.9. The number of primary amides is 1. The van der Waals surface area contributed by atoms with Crippen LogP contribution in [0.3, 0.4) is 0 Å². The first-order valence-corrected chi connectivity index (χ1v) is 10.8. The zero-order valence-corrected chi connectivity index (χ0v) is 18.5. The van der Waals surface area contributed by atoms with E-state index in [1.807, 2.05) is 60.7 Å². The molecule has 0 radical (unpaired) electrons. The van der Waals surface area contributed by atoms with Crippen molar-refractivity contribution in [2.45, 2.75) is 31.8 Å². The van der Waals surface area contributed by atoms with Gasteiger partial charge >= 0.3 is 18.0 Å². The molecule has 3 rings (SSSR count). The highest BCUT2D eigenvalue weighted by Gasteiger charge is 2.38. The quantitative estimate of drug-likeness (QED) is 0.436. The van der Waals surface area contributed by atoms with Crippen LogP contribution in [-0.2, 0) is 26.2 Å². The Bertz CT molecular complexity index is 1070. The van der Waals surface area contributed by atoms with Gasteiger partial charge in [0.05, 0.1) is 17.5 Å². The molecule has 166 valence electrons. The van der Waals surface area contributed by atoms with Crippen molar-refractivity contribution in [2.24, 2.45) is 5.73 Å². The van der Waals surface area contributed by atoms with Crippen LogP contribution in [0.4, 0.5) is 10.5 Å². The van der Waals surface area contributed by atoms with E-state index < -0.39 is 29.5 Å². The first-order chi connectivity index (χ1) is 15.2. The van der Waals surface area contributed by atoms with E-state index in [0.717, 1.165) is 22.5 Å². The summed E-state index contributed by atoms with van der Waals surface area (Å²) >= 11 is 1.14. The lowest BCUT2D eigenvalue weighted by Gasteiger charge is -2.27. The highest BCUT2D eigenvalue weighted by molar-refractivity contribution is 7.10. The molecule has 0 saturated heterocycles. The number of thiophene rings is 1. The molecule has 3 aromatic rings. The summed E-state index contributed by atoms with van der Waals surface area (Å²) < 4.78 is 6.00. The molecule has 32 heavy (non-hydrogen) atoms. The second-order valence-electron chi connectivity index (χ2n) is 7.74. The Morgan fingerprint density at radius 3 is 2.03 bits per heavy atom. The lowest BCUT2D eigenvalue weighted by atomic mass is 9.85. The van der Waals surface area contributed by atoms with Crippen molar-refractivity contribution in [3.8, 4) is 0 Å². The van der Waals surface area contributed by atoms with Gasteiger partial charge in [0.25, 0.3) is 0 Å². The van der Waals surface area contributed by atoms with Crippen LogP contribution in [0.25, 0.3) is 0 Å². The van der Waals surface area contributed by atoms with Crippen LogP contribution in [-0.4, -0.2) is 23.1 Å². The number of carbonyl (C=O) groups excluding carboxylic acids is 2. The summed E-state index contributed by atoms with van der Waals surface area (Å²) in [5.74, 6) is -1.58. The monoisotopic (exact) mass is 452 g/mol. The van der Waals surface area contributed by atoms with Gasteiger partial charge in [-0.05, 0) is 30.4 Å². The molecule has 0 aliphatic heterocycles. The third-order valence-electron chi connectivity index (χ3n) is 5.04. The lowest BCUT2D eigenvalue weighted by Crippen LogP contribution is -2.33. The molecule has 2 aromatic carbocycles. The van der Waals surface area contributed by atoms with Crippen molar-refractivity contribution in [1.29, 1.82) is 0 Å². The Hall–Kier alpha value is -3.65. The Morgan fingerprint density at radius 2 is 1.56 bits per heavy atom. The zero-order valence-electron chi connectivity index (χ0n) is 17.7. The molecule has 0 fully saturated rings. The van der Waals surface area contributed by atoms with Crippen LogP contribution in [0.1, 0.15) is 41.5 Å². The largest absolute Gasteiger partial charge is 0.481 e. The molecule has 8 heteroatoms. The second kappa shape index (κ2) is 9.65. The molecule has 1 aromatic heterocycles. The standard InChI is InChI=1S/C24H24N2O5S/c1-24(2,17-14-32-18(13-19(27)28)20(17)26-23(25)30)22(29)31-21(15-9-5-3-6-10-15)16-11-7-4-8-12-16/h3-12,14,21H,13H2,1-2H3,(H,27,28)(H3,25,26,30). The molecule has 1 heterocycles. The molecule has 7 nitrogen and oxygen atoms in total. The number of hydrogen-bond donors (Lipinski definition) is 3. The molecule has 0 unspecified atom stereocenters. The van der Waals surface area contributed by atoms with Gasteiger partial charge in [0.1, 0.15) is 0 Å². The third-order valence-corrected chi connectivity index (χ3v) is 6.03. The van der Waals surface area contributed by atoms with Gasteiger partial charge in [-0.3, -0.25) is 9.59 Å². The van der Waals surface area contributed by atoms with Gasteiger partial charge in [-0.1, -0.05) is 60.7 Å². The molecule has 0 aliphatic rings. The normalized spacial score (nSPS) is 11.2. The Kier molecular flexibility index (Phi) is 6.95. The fraction of sp³-hybridized carbons (Fsp3) is 0.208. The number of amides is 2. The number of aliphatic carboxylic acids is 1. The van der Waals surface area contributed by atoms with Gasteiger partial charge < -0.3 is 20.9 Å². The number of rotatable bonds is 8. The number of hydrogen-bond acceptors (Lipinski definition) is 5. The van der Waals surface area contributed by atoms with E-state index in [2.05, 4.69) is 5.32 Å². The summed E-state index contributed by atoms with van der Waals surface area (Å²) in [7, 11) is 0. The fourth-order valence-electron chi connectivity index (χ4n) is 3.33. The molecular formula is C24H24N2O5S. The van der Waals surface area contributed by atoms with Crippen LogP contribution in [0, 0.1) is 0 Å². The van der Waals surface area contributed by atoms with Crippen molar-refractivity contribution in [1.82, 2.24) is 0 Å². The number of ether oxygens (including phenoxy) is 1. The average Bonchev–Trinajstić information content (AvgIpc) is 3.14. The summed E-state index contributed by atoms with van der Waals surface area (Å²) in [6.45, 7) is 3.34. The zero-order chi connectivity index (χ0) is 23.3. The predicted molar refractivity (Wildman–Crippen MR) is 123 cm³/mol. The minimum atomic E-state index is -1.19. The molecule has 0 aliphatic carbocycles. The summed E-state index contributed by atoms with van der Waals surface area (Å²) in [5.41, 5.74) is 6.42. The number of urea groups is 1. The van der Waals surface area contributed by atoms with Gasteiger partial charge in [0.15, 0.2) is 6.10 Å². The van der Waals surface area contributed by atoms with E-state index in [4.69, 9.17) is 10.5 Å². The number of nitrogens with two attached hydrogens (primary N) is 1. The first kappa shape index (κ1) is 23.0. The number of esters is 1. The van der Waals surface area contributed by atoms with E-state index in [1.165, 1.54) is 0 Å². The highest BCUT2D eigenvalue weighted by atomic mass is 32.1. The predicted octanol–water partition coefficient (Wildman–Crippen LogP) is 4.48. The first-order valence-electron chi connectivity index (χ1n) is 9.90. The van der Waals surface area contributed by atoms with E-state index in [9.17, 15) is 19.5 Å². The van der Waals surface area contributed by atoms with Crippen LogP contribution in [0.15, 0.2) is 66.0 Å². The van der Waals surface area contributed by atoms with E-state index in [0.29, 0.717) is 10.4 Å². The molecular weight excluding hydrogens is 428 g/mol. The average molecular weight is 453 g/mol. The molecule has 0 bridgehead atoms. The van der Waals surface area contributed by atoms with Gasteiger partial charge in [-0.25, -0.2) is 4.79 Å². The van der Waals surface area contributed by atoms with Crippen molar-refractivity contribution in [2.75, 3.05) is 5.32 Å². The Balaban J connectivity index is 1.97. The maximum absolute atomic E-state index is 13.4. The summed E-state index contributed by atoms with van der Waals surface area (Å²) in [4.78, 5) is 36.6. The number of carboxylic acid groups (broad SMARTS) is 1. The maximum Gasteiger partial charge on any atom is 0.317 e. The second-order valence-corrected chi connectivity index (χ2v) is 8.70. The van der Waals surface area contributed by atoms with Crippen molar-refractivity contribution >= 4 is 35.0 Å². The Morgan fingerprint density at radius 1 is 1.03 bits per heavy atom. The van der Waals surface area contributed by atoms with Crippen LogP contribution in [0.2, 0.25) is 0 Å². The summed E-state index contributed by atoms with van der Waals surface area (Å²) in [5, 5.41) is 13.3. The van der Waals surface area contributed by atoms with Gasteiger partial charge in [0.2, 0.25) is 0 Å². The molecule has 4 N–H and O–H groups in total. The Labute approximate surface area is 189 Å². The number of benzene rings is 2. The minimum absolute atomic E-state index is 0.239. The maximum atomic E-state index is 13.4. The summed E-state index contributed by atoms with van der Waals surface area (Å²) in [6.07, 6.45) is -0.934. The number of carbonyl (C=O) groups is 3. The molecule has 2 amide bonds. The van der Waals surface area contributed by atoms with Crippen molar-refractivity contribution in [3.63, 3.8) is 0 Å². The van der Waals surface area contributed by atoms with E-state index in [1.54, 1.807) is 19.2 Å². The van der Waals surface area contributed by atoms with Crippen LogP contribution < -0.4 is 11.1 Å². The lowest BCUT2D eigenvalue weighted by molar-refractivity contribution is -0.153. The van der Waals surface area contributed by atoms with Gasteiger partial charge in [0, 0.05) is 10.4 Å². The number of anilines is 1. The van der Waals surface area contributed by atoms with Crippen LogP contribution >= 0.6 is 11.3 Å². The molecule has 0 spiro atoms. The number of carboxylic acids is 1. The van der Waals surface area contributed by atoms with Crippen LogP contribution in [0.5, 0.6) is 0 Å². The fourth-order valence-corrected chi connectivity index (χ4v) is 4.49. The molecule has 0 saturated carbocycles. The van der Waals surface area contributed by atoms with Gasteiger partial charge in [-0.2, -0.15) is 0 Å². The highest BCUT2D eigenvalue weighted by Crippen LogP contribution is 2.40. The SMILES string of the molecule is CC(C)(C(=O)OC(c1ccccc1)c1ccccc1)c1csc(CC(=O)O)c1NC(N)=O. The minimum Gasteiger partial charge on any atom is -0.481 e. The van der Waals surface area contributed by atoms with Crippen molar-refractivity contribution < 1.29 is 24.2 Å². The topological polar surface area (TPSA) is 119 Å². The van der Waals surface area contributed by atoms with Crippen molar-refractivity contribution in [3.05, 3.63) is 87.6 Å². The van der Waals surface area contributed by atoms with E-state index in [-0.39, 0.29) is 12.1 Å². The third kappa shape index (κ3) is 5.15. The smallest absolute Gasteiger partial charge is 0.317 e. The van der Waals surface area contributed by atoms with Gasteiger partial charge in [-0.15, -0.1) is 11.3 Å². The molecule has 0 atom stereocenters. The number of nitrogens with one attached hydrogen (secondary N) is 1. The van der Waals surface area contributed by atoms with E-state index >= 15 is 0 Å².